The van der Waals surface area contributed by atoms with Crippen molar-refractivity contribution in [2.24, 2.45) is 5.73 Å². The number of hydrogen-bond donors (Lipinski definition) is 3. The Hall–Kier alpha value is -3.98. The van der Waals surface area contributed by atoms with Crippen molar-refractivity contribution in [3.05, 3.63) is 87.9 Å². The lowest BCUT2D eigenvalue weighted by molar-refractivity contribution is -0.118. The molecule has 0 spiro atoms. The standard InChI is InChI=1S/C27H25BrN4O4/c28-20-10-5-17(6-11-20)27(36)31-23-16-19(25(29)34)9-14-22(23)30-26(35)18-7-12-21(13-8-18)32-15-3-1-2-4-24(32)33/h5-14,16H,1-4,15H2,(H2,29,34)(H,30,35)(H,31,36). The molecule has 0 atom stereocenters. The van der Waals surface area contributed by atoms with E-state index in [4.69, 9.17) is 5.73 Å². The Morgan fingerprint density at radius 2 is 1.33 bits per heavy atom. The second-order valence-electron chi connectivity index (χ2n) is 8.44. The van der Waals surface area contributed by atoms with Crippen molar-refractivity contribution in [1.29, 1.82) is 0 Å². The lowest BCUT2D eigenvalue weighted by Gasteiger charge is -2.21. The van der Waals surface area contributed by atoms with E-state index in [0.717, 1.165) is 29.4 Å². The fourth-order valence-electron chi connectivity index (χ4n) is 3.95. The number of anilines is 3. The molecule has 4 amide bonds. The molecular weight excluding hydrogens is 524 g/mol. The summed E-state index contributed by atoms with van der Waals surface area (Å²) in [5.74, 6) is -1.39. The first-order valence-electron chi connectivity index (χ1n) is 11.5. The van der Waals surface area contributed by atoms with E-state index in [-0.39, 0.29) is 17.2 Å². The SMILES string of the molecule is NC(=O)c1ccc(NC(=O)c2ccc(N3CCCCCC3=O)cc2)c(NC(=O)c2ccc(Br)cc2)c1. The van der Waals surface area contributed by atoms with Gasteiger partial charge in [-0.2, -0.15) is 0 Å². The number of hydrogen-bond acceptors (Lipinski definition) is 4. The molecule has 0 saturated carbocycles. The van der Waals surface area contributed by atoms with E-state index in [1.54, 1.807) is 53.4 Å². The molecule has 0 aromatic heterocycles. The van der Waals surface area contributed by atoms with Crippen LogP contribution < -0.4 is 21.3 Å². The first kappa shape index (κ1) is 25.1. The van der Waals surface area contributed by atoms with Crippen molar-refractivity contribution in [2.75, 3.05) is 22.1 Å². The first-order chi connectivity index (χ1) is 17.3. The average molecular weight is 549 g/mol. The van der Waals surface area contributed by atoms with Gasteiger partial charge in [0.25, 0.3) is 11.8 Å². The molecule has 1 fully saturated rings. The highest BCUT2D eigenvalue weighted by molar-refractivity contribution is 9.10. The maximum atomic E-state index is 13.0. The van der Waals surface area contributed by atoms with Crippen LogP contribution >= 0.6 is 15.9 Å². The summed E-state index contributed by atoms with van der Waals surface area (Å²) in [7, 11) is 0. The van der Waals surface area contributed by atoms with Gasteiger partial charge in [0.15, 0.2) is 0 Å². The van der Waals surface area contributed by atoms with E-state index in [2.05, 4.69) is 26.6 Å². The molecule has 0 bridgehead atoms. The first-order valence-corrected chi connectivity index (χ1v) is 12.3. The number of primary amides is 1. The number of carbonyl (C=O) groups is 4. The maximum absolute atomic E-state index is 13.0. The topological polar surface area (TPSA) is 122 Å². The summed E-state index contributed by atoms with van der Waals surface area (Å²) in [6, 6.07) is 18.0. The van der Waals surface area contributed by atoms with Crippen LogP contribution in [0.5, 0.6) is 0 Å². The van der Waals surface area contributed by atoms with Gasteiger partial charge in [-0.3, -0.25) is 19.2 Å². The molecule has 0 radical (unpaired) electrons. The third kappa shape index (κ3) is 5.98. The zero-order valence-corrected chi connectivity index (χ0v) is 21.0. The normalized spacial score (nSPS) is 13.6. The number of nitrogens with one attached hydrogen (secondary N) is 2. The molecule has 4 rings (SSSR count). The summed E-state index contributed by atoms with van der Waals surface area (Å²) >= 11 is 3.33. The van der Waals surface area contributed by atoms with Crippen molar-refractivity contribution in [2.45, 2.75) is 25.7 Å². The quantitative estimate of drug-likeness (QED) is 0.403. The third-order valence-corrected chi connectivity index (χ3v) is 6.45. The summed E-state index contributed by atoms with van der Waals surface area (Å²) < 4.78 is 0.828. The highest BCUT2D eigenvalue weighted by Gasteiger charge is 2.19. The lowest BCUT2D eigenvalue weighted by Crippen LogP contribution is -2.29. The van der Waals surface area contributed by atoms with Crippen LogP contribution in [0.2, 0.25) is 0 Å². The predicted molar refractivity (Wildman–Crippen MR) is 142 cm³/mol. The van der Waals surface area contributed by atoms with Crippen molar-refractivity contribution in [3.63, 3.8) is 0 Å². The second-order valence-corrected chi connectivity index (χ2v) is 9.36. The molecule has 36 heavy (non-hydrogen) atoms. The highest BCUT2D eigenvalue weighted by atomic mass is 79.9. The zero-order valence-electron chi connectivity index (χ0n) is 19.4. The van der Waals surface area contributed by atoms with Crippen LogP contribution in [0.3, 0.4) is 0 Å². The smallest absolute Gasteiger partial charge is 0.255 e. The summed E-state index contributed by atoms with van der Waals surface area (Å²) in [5.41, 5.74) is 7.67. The molecule has 0 unspecified atom stereocenters. The summed E-state index contributed by atoms with van der Waals surface area (Å²) in [6.45, 7) is 0.665. The van der Waals surface area contributed by atoms with E-state index < -0.39 is 17.7 Å². The van der Waals surface area contributed by atoms with Gasteiger partial charge in [0.1, 0.15) is 0 Å². The molecule has 4 N–H and O–H groups in total. The van der Waals surface area contributed by atoms with Gasteiger partial charge in [0, 0.05) is 39.8 Å². The lowest BCUT2D eigenvalue weighted by atomic mass is 10.1. The molecule has 1 saturated heterocycles. The average Bonchev–Trinajstić information content (AvgIpc) is 3.09. The summed E-state index contributed by atoms with van der Waals surface area (Å²) in [6.07, 6.45) is 3.39. The van der Waals surface area contributed by atoms with Crippen LogP contribution in [0.4, 0.5) is 17.1 Å². The predicted octanol–water partition coefficient (Wildman–Crippen LogP) is 4.96. The Bertz CT molecular complexity index is 1310. The number of nitrogens with two attached hydrogens (primary N) is 1. The molecule has 1 aliphatic rings. The maximum Gasteiger partial charge on any atom is 0.255 e. The number of benzene rings is 3. The van der Waals surface area contributed by atoms with Crippen molar-refractivity contribution in [3.8, 4) is 0 Å². The van der Waals surface area contributed by atoms with Gasteiger partial charge >= 0.3 is 0 Å². The minimum atomic E-state index is -0.661. The van der Waals surface area contributed by atoms with Gasteiger partial charge in [-0.15, -0.1) is 0 Å². The molecule has 3 aromatic rings. The summed E-state index contributed by atoms with van der Waals surface area (Å²) in [4.78, 5) is 51.6. The molecule has 1 heterocycles. The Morgan fingerprint density at radius 1 is 0.750 bits per heavy atom. The Kier molecular flexibility index (Phi) is 7.80. The number of carbonyl (C=O) groups excluding carboxylic acids is 4. The molecule has 1 aliphatic heterocycles. The van der Waals surface area contributed by atoms with E-state index >= 15 is 0 Å². The number of amides is 4. The van der Waals surface area contributed by atoms with Gasteiger partial charge in [-0.05, 0) is 79.6 Å². The largest absolute Gasteiger partial charge is 0.366 e. The van der Waals surface area contributed by atoms with Gasteiger partial charge in [0.2, 0.25) is 11.8 Å². The van der Waals surface area contributed by atoms with Crippen LogP contribution in [0.1, 0.15) is 56.8 Å². The third-order valence-electron chi connectivity index (χ3n) is 5.92. The number of nitrogens with zero attached hydrogens (tertiary/aromatic N) is 1. The van der Waals surface area contributed by atoms with Crippen LogP contribution in [0.15, 0.2) is 71.2 Å². The fourth-order valence-corrected chi connectivity index (χ4v) is 4.21. The molecule has 3 aromatic carbocycles. The van der Waals surface area contributed by atoms with Gasteiger partial charge < -0.3 is 21.3 Å². The van der Waals surface area contributed by atoms with Gasteiger partial charge in [-0.25, -0.2) is 0 Å². The Balaban J connectivity index is 1.53. The molecule has 184 valence electrons. The Labute approximate surface area is 217 Å². The minimum Gasteiger partial charge on any atom is -0.366 e. The van der Waals surface area contributed by atoms with Gasteiger partial charge in [0.05, 0.1) is 11.4 Å². The van der Waals surface area contributed by atoms with E-state index in [1.807, 2.05) is 0 Å². The molecule has 0 aliphatic carbocycles. The van der Waals surface area contributed by atoms with Crippen molar-refractivity contribution >= 4 is 56.6 Å². The van der Waals surface area contributed by atoms with E-state index in [0.29, 0.717) is 29.8 Å². The molecule has 9 heteroatoms. The fraction of sp³-hybridized carbons (Fsp3) is 0.185. The zero-order chi connectivity index (χ0) is 25.7. The van der Waals surface area contributed by atoms with Crippen molar-refractivity contribution in [1.82, 2.24) is 0 Å². The van der Waals surface area contributed by atoms with E-state index in [1.165, 1.54) is 18.2 Å². The molecule has 8 nitrogen and oxygen atoms in total. The number of rotatable bonds is 6. The van der Waals surface area contributed by atoms with Crippen LogP contribution in [-0.2, 0) is 4.79 Å². The van der Waals surface area contributed by atoms with Crippen molar-refractivity contribution < 1.29 is 19.2 Å². The Morgan fingerprint density at radius 3 is 1.97 bits per heavy atom. The second kappa shape index (κ2) is 11.2. The van der Waals surface area contributed by atoms with Crippen LogP contribution in [0, 0.1) is 0 Å². The van der Waals surface area contributed by atoms with Crippen LogP contribution in [0.25, 0.3) is 0 Å². The highest BCUT2D eigenvalue weighted by Crippen LogP contribution is 2.26. The molecular formula is C27H25BrN4O4. The van der Waals surface area contributed by atoms with Gasteiger partial charge in [-0.1, -0.05) is 22.4 Å². The van der Waals surface area contributed by atoms with E-state index in [9.17, 15) is 19.2 Å². The van der Waals surface area contributed by atoms with Crippen LogP contribution in [-0.4, -0.2) is 30.2 Å². The monoisotopic (exact) mass is 548 g/mol. The summed E-state index contributed by atoms with van der Waals surface area (Å²) in [5, 5.41) is 5.52. The minimum absolute atomic E-state index is 0.0883. The number of halogens is 1.